The third-order valence-electron chi connectivity index (χ3n) is 4.95. The van der Waals surface area contributed by atoms with E-state index in [0.717, 1.165) is 22.3 Å². The molecule has 0 unspecified atom stereocenters. The summed E-state index contributed by atoms with van der Waals surface area (Å²) in [5.74, 6) is 0. The number of nitrogens with one attached hydrogen (secondary N) is 2. The van der Waals surface area contributed by atoms with Gasteiger partial charge in [-0.1, -0.05) is 72.8 Å². The van der Waals surface area contributed by atoms with Crippen LogP contribution in [-0.4, -0.2) is 34.3 Å². The van der Waals surface area contributed by atoms with Crippen molar-refractivity contribution in [1.29, 1.82) is 0 Å². The molecule has 3 rings (SSSR count). The molecule has 30 heavy (non-hydrogen) atoms. The smallest absolute Gasteiger partial charge is 0.423 e. The van der Waals surface area contributed by atoms with Gasteiger partial charge < -0.3 is 30.7 Å². The maximum Gasteiger partial charge on any atom is 0.488 e. The second-order valence-electron chi connectivity index (χ2n) is 7.17. The van der Waals surface area contributed by atoms with Gasteiger partial charge in [-0.2, -0.15) is 0 Å². The van der Waals surface area contributed by atoms with Gasteiger partial charge in [-0.15, -0.1) is 0 Å². The second-order valence-corrected chi connectivity index (χ2v) is 7.17. The van der Waals surface area contributed by atoms with Gasteiger partial charge in [-0.05, 0) is 33.2 Å². The summed E-state index contributed by atoms with van der Waals surface area (Å²) in [6.45, 7) is 2.39. The average Bonchev–Trinajstić information content (AvgIpc) is 2.74. The third kappa shape index (κ3) is 6.27. The van der Waals surface area contributed by atoms with Crippen LogP contribution >= 0.6 is 0 Å². The minimum absolute atomic E-state index is 0.510. The lowest BCUT2D eigenvalue weighted by Gasteiger charge is -2.12. The van der Waals surface area contributed by atoms with Gasteiger partial charge in [0.25, 0.3) is 0 Å². The highest BCUT2D eigenvalue weighted by Crippen LogP contribution is 2.07. The molecule has 0 saturated heterocycles. The van der Waals surface area contributed by atoms with E-state index >= 15 is 0 Å². The van der Waals surface area contributed by atoms with Crippen molar-refractivity contribution >= 4 is 25.2 Å². The largest absolute Gasteiger partial charge is 0.488 e. The van der Waals surface area contributed by atoms with Crippen LogP contribution < -0.4 is 21.6 Å². The molecular weight excluding hydrogens is 378 g/mol. The minimum Gasteiger partial charge on any atom is -0.423 e. The summed E-state index contributed by atoms with van der Waals surface area (Å²) in [6, 6.07) is 22.7. The van der Waals surface area contributed by atoms with Crippen molar-refractivity contribution in [3.63, 3.8) is 0 Å². The summed E-state index contributed by atoms with van der Waals surface area (Å²) in [7, 11) is -2.95. The monoisotopic (exact) mass is 404 g/mol. The quantitative estimate of drug-likeness (QED) is 0.258. The first kappa shape index (κ1) is 22.2. The molecular formula is C22H26B2N2O4. The fraction of sp³-hybridized carbons (Fsp3) is 0.182. The molecule has 0 atom stereocenters. The molecule has 154 valence electrons. The Balaban J connectivity index is 1.52. The minimum atomic E-state index is -1.48. The molecule has 0 fully saturated rings. The highest BCUT2D eigenvalue weighted by Gasteiger charge is 2.15. The van der Waals surface area contributed by atoms with Gasteiger partial charge in [-0.25, -0.2) is 0 Å². The Morgan fingerprint density at radius 1 is 0.533 bits per heavy atom. The Morgan fingerprint density at radius 2 is 0.967 bits per heavy atom. The van der Waals surface area contributed by atoms with E-state index in [9.17, 15) is 20.1 Å². The molecule has 6 nitrogen and oxygen atoms in total. The zero-order chi connectivity index (χ0) is 21.3. The van der Waals surface area contributed by atoms with Crippen LogP contribution in [-0.2, 0) is 26.2 Å². The molecule has 0 aliphatic heterocycles. The third-order valence-corrected chi connectivity index (χ3v) is 4.95. The Morgan fingerprint density at radius 3 is 1.40 bits per heavy atom. The van der Waals surface area contributed by atoms with E-state index in [1.54, 1.807) is 24.3 Å². The van der Waals surface area contributed by atoms with E-state index in [1.807, 2.05) is 42.5 Å². The van der Waals surface area contributed by atoms with Crippen molar-refractivity contribution in [2.24, 2.45) is 0 Å². The van der Waals surface area contributed by atoms with Crippen LogP contribution in [0.1, 0.15) is 22.3 Å². The van der Waals surface area contributed by atoms with Crippen molar-refractivity contribution in [2.45, 2.75) is 26.2 Å². The van der Waals surface area contributed by atoms with Crippen LogP contribution in [0.15, 0.2) is 72.8 Å². The molecule has 0 aliphatic rings. The van der Waals surface area contributed by atoms with Crippen molar-refractivity contribution < 1.29 is 20.1 Å². The molecule has 8 heteroatoms. The van der Waals surface area contributed by atoms with Crippen LogP contribution in [0.2, 0.25) is 0 Å². The zero-order valence-electron chi connectivity index (χ0n) is 16.7. The summed E-state index contributed by atoms with van der Waals surface area (Å²) in [5, 5.41) is 44.5. The van der Waals surface area contributed by atoms with E-state index in [-0.39, 0.29) is 0 Å². The molecule has 0 amide bonds. The topological polar surface area (TPSA) is 105 Å². The maximum atomic E-state index is 9.46. The zero-order valence-corrected chi connectivity index (χ0v) is 16.7. The van der Waals surface area contributed by atoms with Gasteiger partial charge in [0.2, 0.25) is 0 Å². The fourth-order valence-electron chi connectivity index (χ4n) is 3.43. The molecule has 0 heterocycles. The summed E-state index contributed by atoms with van der Waals surface area (Å²) in [5.41, 5.74) is 4.99. The van der Waals surface area contributed by atoms with Gasteiger partial charge in [0, 0.05) is 26.2 Å². The molecule has 3 aromatic carbocycles. The summed E-state index contributed by atoms with van der Waals surface area (Å²) in [6.07, 6.45) is 0. The van der Waals surface area contributed by atoms with Gasteiger partial charge in [0.05, 0.1) is 0 Å². The SMILES string of the molecule is OB(O)c1ccccc1CNCc1cccc(CNCc2ccccc2B(O)O)c1. The standard InChI is InChI=1S/C22H26B2N2O4/c27-23(28)21-10-3-1-8-19(21)15-25-13-17-6-5-7-18(12-17)14-26-16-20-9-2-4-11-22(20)24(29)30/h1-12,25-30H,13-16H2. The van der Waals surface area contributed by atoms with Gasteiger partial charge in [-0.3, -0.25) is 0 Å². The first-order valence-corrected chi connectivity index (χ1v) is 9.91. The molecule has 3 aromatic rings. The Hall–Kier alpha value is -2.45. The van der Waals surface area contributed by atoms with Crippen LogP contribution in [0.5, 0.6) is 0 Å². The first-order chi connectivity index (χ1) is 14.5. The van der Waals surface area contributed by atoms with Crippen molar-refractivity contribution in [3.8, 4) is 0 Å². The Bertz CT molecular complexity index is 881. The van der Waals surface area contributed by atoms with Crippen molar-refractivity contribution in [1.82, 2.24) is 10.6 Å². The number of hydrogen-bond acceptors (Lipinski definition) is 6. The predicted molar refractivity (Wildman–Crippen MR) is 120 cm³/mol. The van der Waals surface area contributed by atoms with Gasteiger partial charge in [0.15, 0.2) is 0 Å². The molecule has 0 radical (unpaired) electrons. The normalized spacial score (nSPS) is 10.8. The Labute approximate surface area is 177 Å². The highest BCUT2D eigenvalue weighted by atomic mass is 16.4. The second kappa shape index (κ2) is 11.1. The van der Waals surface area contributed by atoms with Gasteiger partial charge >= 0.3 is 14.2 Å². The highest BCUT2D eigenvalue weighted by molar-refractivity contribution is 6.59. The van der Waals surface area contributed by atoms with Crippen LogP contribution in [0.3, 0.4) is 0 Å². The van der Waals surface area contributed by atoms with E-state index in [4.69, 9.17) is 0 Å². The fourth-order valence-corrected chi connectivity index (χ4v) is 3.43. The summed E-state index contributed by atoms with van der Waals surface area (Å²) < 4.78 is 0. The number of benzene rings is 3. The van der Waals surface area contributed by atoms with Crippen LogP contribution in [0.4, 0.5) is 0 Å². The van der Waals surface area contributed by atoms with E-state index in [1.165, 1.54) is 0 Å². The summed E-state index contributed by atoms with van der Waals surface area (Å²) in [4.78, 5) is 0. The van der Waals surface area contributed by atoms with Gasteiger partial charge in [0.1, 0.15) is 0 Å². The Kier molecular flexibility index (Phi) is 8.21. The van der Waals surface area contributed by atoms with E-state index < -0.39 is 14.2 Å². The predicted octanol–water partition coefficient (Wildman–Crippen LogP) is -0.374. The number of hydrogen-bond donors (Lipinski definition) is 6. The van der Waals surface area contributed by atoms with Crippen molar-refractivity contribution in [2.75, 3.05) is 0 Å². The van der Waals surface area contributed by atoms with Crippen LogP contribution in [0.25, 0.3) is 0 Å². The maximum absolute atomic E-state index is 9.46. The van der Waals surface area contributed by atoms with E-state index in [0.29, 0.717) is 37.1 Å². The lowest BCUT2D eigenvalue weighted by atomic mass is 9.77. The molecule has 6 N–H and O–H groups in total. The first-order valence-electron chi connectivity index (χ1n) is 9.91. The molecule has 0 bridgehead atoms. The lowest BCUT2D eigenvalue weighted by molar-refractivity contribution is 0.424. The average molecular weight is 404 g/mol. The van der Waals surface area contributed by atoms with E-state index in [2.05, 4.69) is 16.7 Å². The lowest BCUT2D eigenvalue weighted by Crippen LogP contribution is -2.34. The molecule has 0 aromatic heterocycles. The van der Waals surface area contributed by atoms with Crippen molar-refractivity contribution in [3.05, 3.63) is 95.1 Å². The molecule has 0 spiro atoms. The molecule has 0 saturated carbocycles. The van der Waals surface area contributed by atoms with Crippen LogP contribution in [0, 0.1) is 0 Å². The molecule has 0 aliphatic carbocycles. The summed E-state index contributed by atoms with van der Waals surface area (Å²) >= 11 is 0. The number of rotatable bonds is 10.